The maximum atomic E-state index is 12.6. The molecule has 1 amide bonds. The average molecular weight is 360 g/mol. The fraction of sp³-hybridized carbons (Fsp3) is 0.667. The number of β-amino-alcohol motifs (C(OH)–C–C–N with tert-alkyl or cyclic N) is 1. The first-order valence-corrected chi connectivity index (χ1v) is 10.1. The predicted octanol–water partition coefficient (Wildman–Crippen LogP) is 1.82. The summed E-state index contributed by atoms with van der Waals surface area (Å²) in [4.78, 5) is 19.4. The maximum absolute atomic E-state index is 12.6. The molecule has 2 fully saturated rings. The number of amides is 1. The molecule has 1 N–H and O–H groups in total. The summed E-state index contributed by atoms with van der Waals surface area (Å²) in [5.41, 5.74) is 1.34. The third-order valence-corrected chi connectivity index (χ3v) is 5.76. The Morgan fingerprint density at radius 3 is 2.54 bits per heavy atom. The second kappa shape index (κ2) is 10.0. The molecule has 0 aromatic heterocycles. The zero-order chi connectivity index (χ0) is 18.2. The largest absolute Gasteiger partial charge is 0.395 e. The van der Waals surface area contributed by atoms with Crippen LogP contribution in [-0.2, 0) is 11.3 Å². The van der Waals surface area contributed by atoms with Crippen LogP contribution in [0, 0.1) is 5.92 Å². The van der Waals surface area contributed by atoms with E-state index in [4.69, 9.17) is 5.11 Å². The third-order valence-electron chi connectivity index (χ3n) is 5.76. The van der Waals surface area contributed by atoms with Crippen LogP contribution in [0.25, 0.3) is 0 Å². The fourth-order valence-electron chi connectivity index (χ4n) is 4.21. The van der Waals surface area contributed by atoms with Crippen molar-refractivity contribution in [2.45, 2.75) is 32.2 Å². The van der Waals surface area contributed by atoms with Crippen LogP contribution in [0.2, 0.25) is 0 Å². The summed E-state index contributed by atoms with van der Waals surface area (Å²) < 4.78 is 0. The standard InChI is InChI=1S/C21H33N3O2/c25-16-15-22-10-4-7-20(18-22)8-9-21(26)24-13-11-23(12-14-24)17-19-5-2-1-3-6-19/h1-3,5-6,20,25H,4,7-18H2/t20-/m0/s1. The van der Waals surface area contributed by atoms with Gasteiger partial charge in [-0.1, -0.05) is 30.3 Å². The second-order valence-corrected chi connectivity index (χ2v) is 7.71. The molecular weight excluding hydrogens is 326 g/mol. The van der Waals surface area contributed by atoms with E-state index < -0.39 is 0 Å². The number of piperazine rings is 1. The highest BCUT2D eigenvalue weighted by atomic mass is 16.3. The van der Waals surface area contributed by atoms with Gasteiger partial charge in [-0.2, -0.15) is 0 Å². The van der Waals surface area contributed by atoms with E-state index in [1.54, 1.807) is 0 Å². The number of aliphatic hydroxyl groups is 1. The molecule has 0 spiro atoms. The van der Waals surface area contributed by atoms with Crippen molar-refractivity contribution in [3.63, 3.8) is 0 Å². The SMILES string of the molecule is O=C(CC[C@@H]1CCCN(CCO)C1)N1CCN(Cc2ccccc2)CC1. The Kier molecular flexibility index (Phi) is 7.47. The van der Waals surface area contributed by atoms with Crippen molar-refractivity contribution in [1.82, 2.24) is 14.7 Å². The first kappa shape index (κ1) is 19.3. The van der Waals surface area contributed by atoms with Gasteiger partial charge in [0.25, 0.3) is 0 Å². The van der Waals surface area contributed by atoms with E-state index in [2.05, 4.69) is 45.0 Å². The number of benzene rings is 1. The summed E-state index contributed by atoms with van der Waals surface area (Å²) in [6, 6.07) is 10.6. The van der Waals surface area contributed by atoms with Crippen molar-refractivity contribution in [3.05, 3.63) is 35.9 Å². The van der Waals surface area contributed by atoms with Gasteiger partial charge in [-0.25, -0.2) is 0 Å². The molecule has 1 aromatic carbocycles. The van der Waals surface area contributed by atoms with E-state index in [1.165, 1.54) is 18.4 Å². The predicted molar refractivity (Wildman–Crippen MR) is 104 cm³/mol. The van der Waals surface area contributed by atoms with Crippen LogP contribution in [0.1, 0.15) is 31.2 Å². The van der Waals surface area contributed by atoms with Crippen LogP contribution in [0.3, 0.4) is 0 Å². The Morgan fingerprint density at radius 1 is 1.04 bits per heavy atom. The second-order valence-electron chi connectivity index (χ2n) is 7.71. The molecule has 0 bridgehead atoms. The first-order valence-electron chi connectivity index (χ1n) is 10.1. The minimum Gasteiger partial charge on any atom is -0.395 e. The van der Waals surface area contributed by atoms with Gasteiger partial charge in [0, 0.05) is 52.2 Å². The van der Waals surface area contributed by atoms with Gasteiger partial charge in [-0.15, -0.1) is 0 Å². The highest BCUT2D eigenvalue weighted by Gasteiger charge is 2.24. The van der Waals surface area contributed by atoms with Crippen molar-refractivity contribution in [2.24, 2.45) is 5.92 Å². The van der Waals surface area contributed by atoms with Gasteiger partial charge in [-0.3, -0.25) is 9.69 Å². The molecule has 5 nitrogen and oxygen atoms in total. The highest BCUT2D eigenvalue weighted by Crippen LogP contribution is 2.21. The molecule has 0 unspecified atom stereocenters. The lowest BCUT2D eigenvalue weighted by Gasteiger charge is -2.36. The number of hydrogen-bond donors (Lipinski definition) is 1. The van der Waals surface area contributed by atoms with E-state index >= 15 is 0 Å². The molecule has 26 heavy (non-hydrogen) atoms. The number of likely N-dealkylation sites (tertiary alicyclic amines) is 1. The number of hydrogen-bond acceptors (Lipinski definition) is 4. The molecule has 2 aliphatic heterocycles. The van der Waals surface area contributed by atoms with E-state index in [-0.39, 0.29) is 6.61 Å². The first-order chi connectivity index (χ1) is 12.7. The molecule has 5 heteroatoms. The lowest BCUT2D eigenvalue weighted by molar-refractivity contribution is -0.133. The highest BCUT2D eigenvalue weighted by molar-refractivity contribution is 5.76. The monoisotopic (exact) mass is 359 g/mol. The van der Waals surface area contributed by atoms with E-state index in [1.807, 2.05) is 0 Å². The van der Waals surface area contributed by atoms with E-state index in [0.29, 0.717) is 18.2 Å². The summed E-state index contributed by atoms with van der Waals surface area (Å²) in [6.07, 6.45) is 4.08. The van der Waals surface area contributed by atoms with Crippen LogP contribution in [0.5, 0.6) is 0 Å². The number of carbonyl (C=O) groups is 1. The van der Waals surface area contributed by atoms with Gasteiger partial charge >= 0.3 is 0 Å². The number of rotatable bonds is 7. The van der Waals surface area contributed by atoms with Gasteiger partial charge in [0.2, 0.25) is 5.91 Å². The molecular formula is C21H33N3O2. The summed E-state index contributed by atoms with van der Waals surface area (Å²) in [6.45, 7) is 7.76. The number of nitrogens with zero attached hydrogens (tertiary/aromatic N) is 3. The minimum absolute atomic E-state index is 0.235. The number of carbonyl (C=O) groups excluding carboxylic acids is 1. The molecule has 2 aliphatic rings. The van der Waals surface area contributed by atoms with E-state index in [0.717, 1.165) is 58.8 Å². The quantitative estimate of drug-likeness (QED) is 0.807. The molecule has 3 rings (SSSR count). The van der Waals surface area contributed by atoms with E-state index in [9.17, 15) is 4.79 Å². The minimum atomic E-state index is 0.235. The lowest BCUT2D eigenvalue weighted by Crippen LogP contribution is -2.48. The molecule has 0 saturated carbocycles. The lowest BCUT2D eigenvalue weighted by atomic mass is 9.93. The summed E-state index contributed by atoms with van der Waals surface area (Å²) >= 11 is 0. The Morgan fingerprint density at radius 2 is 1.81 bits per heavy atom. The van der Waals surface area contributed by atoms with Crippen LogP contribution >= 0.6 is 0 Å². The van der Waals surface area contributed by atoms with Gasteiger partial charge in [-0.05, 0) is 37.3 Å². The van der Waals surface area contributed by atoms with Crippen LogP contribution in [0.15, 0.2) is 30.3 Å². The van der Waals surface area contributed by atoms with Gasteiger partial charge in [0.1, 0.15) is 0 Å². The summed E-state index contributed by atoms with van der Waals surface area (Å²) in [5, 5.41) is 9.10. The third kappa shape index (κ3) is 5.79. The topological polar surface area (TPSA) is 47.0 Å². The summed E-state index contributed by atoms with van der Waals surface area (Å²) in [7, 11) is 0. The van der Waals surface area contributed by atoms with Crippen molar-refractivity contribution in [3.8, 4) is 0 Å². The molecule has 0 radical (unpaired) electrons. The van der Waals surface area contributed by atoms with Gasteiger partial charge in [0.05, 0.1) is 6.61 Å². The Labute approximate surface area is 157 Å². The number of piperidine rings is 1. The molecule has 2 saturated heterocycles. The van der Waals surface area contributed by atoms with Gasteiger partial charge < -0.3 is 14.9 Å². The Hall–Kier alpha value is -1.43. The number of aliphatic hydroxyl groups excluding tert-OH is 1. The van der Waals surface area contributed by atoms with Crippen molar-refractivity contribution in [2.75, 3.05) is 52.4 Å². The normalized spacial score (nSPS) is 22.5. The fourth-order valence-corrected chi connectivity index (χ4v) is 4.21. The Bertz CT molecular complexity index is 541. The zero-order valence-electron chi connectivity index (χ0n) is 15.9. The maximum Gasteiger partial charge on any atom is 0.222 e. The van der Waals surface area contributed by atoms with Gasteiger partial charge in [0.15, 0.2) is 0 Å². The van der Waals surface area contributed by atoms with Crippen molar-refractivity contribution < 1.29 is 9.90 Å². The zero-order valence-corrected chi connectivity index (χ0v) is 15.9. The van der Waals surface area contributed by atoms with Crippen LogP contribution in [0.4, 0.5) is 0 Å². The molecule has 2 heterocycles. The molecule has 144 valence electrons. The van der Waals surface area contributed by atoms with Crippen LogP contribution < -0.4 is 0 Å². The molecule has 1 atom stereocenters. The van der Waals surface area contributed by atoms with Crippen molar-refractivity contribution >= 4 is 5.91 Å². The van der Waals surface area contributed by atoms with Crippen molar-refractivity contribution in [1.29, 1.82) is 0 Å². The molecule has 1 aromatic rings. The Balaban J connectivity index is 1.36. The summed E-state index contributed by atoms with van der Waals surface area (Å²) in [5.74, 6) is 0.933. The molecule has 0 aliphatic carbocycles. The average Bonchev–Trinajstić information content (AvgIpc) is 2.68. The van der Waals surface area contributed by atoms with Crippen LogP contribution in [-0.4, -0.2) is 78.1 Å². The smallest absolute Gasteiger partial charge is 0.222 e.